The Balaban J connectivity index is 1.92. The van der Waals surface area contributed by atoms with Crippen molar-refractivity contribution in [1.29, 1.82) is 0 Å². The molecule has 1 aliphatic rings. The summed E-state index contributed by atoms with van der Waals surface area (Å²) in [6.45, 7) is 9.72. The van der Waals surface area contributed by atoms with E-state index in [1.165, 1.54) is 16.7 Å². The highest BCUT2D eigenvalue weighted by Gasteiger charge is 2.15. The van der Waals surface area contributed by atoms with Gasteiger partial charge in [0.15, 0.2) is 0 Å². The molecule has 2 rings (SSSR count). The summed E-state index contributed by atoms with van der Waals surface area (Å²) in [7, 11) is 0. The average Bonchev–Trinajstić information content (AvgIpc) is 2.43. The van der Waals surface area contributed by atoms with Crippen molar-refractivity contribution in [3.8, 4) is 0 Å². The summed E-state index contributed by atoms with van der Waals surface area (Å²) in [6, 6.07) is 8.73. The molecule has 0 unspecified atom stereocenters. The van der Waals surface area contributed by atoms with Crippen molar-refractivity contribution in [3.05, 3.63) is 72.4 Å². The first-order chi connectivity index (χ1) is 8.83. The molecule has 1 aliphatic heterocycles. The lowest BCUT2D eigenvalue weighted by molar-refractivity contribution is 0.445. The van der Waals surface area contributed by atoms with E-state index < -0.39 is 0 Å². The first kappa shape index (κ1) is 13.2. The van der Waals surface area contributed by atoms with Gasteiger partial charge in [0, 0.05) is 18.8 Å². The second kappa shape index (κ2) is 6.62. The van der Waals surface area contributed by atoms with Crippen LogP contribution >= 0.6 is 11.9 Å². The molecule has 0 N–H and O–H groups in total. The Kier molecular flexibility index (Phi) is 4.85. The van der Waals surface area contributed by atoms with E-state index in [0.717, 1.165) is 25.3 Å². The lowest BCUT2D eigenvalue weighted by Crippen LogP contribution is -2.25. The largest absolute Gasteiger partial charge is 0.246 e. The van der Waals surface area contributed by atoms with Gasteiger partial charge in [0.2, 0.25) is 0 Å². The summed E-state index contributed by atoms with van der Waals surface area (Å²) in [6.07, 6.45) is 6.91. The zero-order valence-electron chi connectivity index (χ0n) is 10.6. The van der Waals surface area contributed by atoms with Crippen LogP contribution in [-0.4, -0.2) is 16.6 Å². The van der Waals surface area contributed by atoms with E-state index in [9.17, 15) is 0 Å². The van der Waals surface area contributed by atoms with E-state index in [-0.39, 0.29) is 0 Å². The maximum Gasteiger partial charge on any atom is 0.0343 e. The maximum absolute atomic E-state index is 3.83. The fraction of sp³-hybridized carbons (Fsp3) is 0.250. The van der Waals surface area contributed by atoms with E-state index in [1.54, 1.807) is 0 Å². The minimum Gasteiger partial charge on any atom is -0.246 e. The predicted molar refractivity (Wildman–Crippen MR) is 81.5 cm³/mol. The van der Waals surface area contributed by atoms with Crippen LogP contribution in [0.15, 0.2) is 61.2 Å². The first-order valence-corrected chi connectivity index (χ1v) is 7.16. The molecule has 1 aromatic carbocycles. The average molecular weight is 257 g/mol. The van der Waals surface area contributed by atoms with Gasteiger partial charge < -0.3 is 0 Å². The SMILES string of the molecule is C=C/C=C(\C=C)CSN1CCc2ccccc2C1. The molecule has 0 saturated carbocycles. The zero-order valence-corrected chi connectivity index (χ0v) is 11.5. The molecule has 0 aromatic heterocycles. The molecule has 0 atom stereocenters. The second-order valence-electron chi connectivity index (χ2n) is 4.34. The summed E-state index contributed by atoms with van der Waals surface area (Å²) >= 11 is 1.88. The molecule has 0 spiro atoms. The van der Waals surface area contributed by atoms with Crippen LogP contribution in [0.2, 0.25) is 0 Å². The Hall–Kier alpha value is -1.25. The van der Waals surface area contributed by atoms with E-state index in [4.69, 9.17) is 0 Å². The molecule has 0 radical (unpaired) electrons. The van der Waals surface area contributed by atoms with Crippen molar-refractivity contribution in [2.45, 2.75) is 13.0 Å². The molecule has 0 saturated heterocycles. The van der Waals surface area contributed by atoms with Crippen molar-refractivity contribution >= 4 is 11.9 Å². The van der Waals surface area contributed by atoms with Crippen LogP contribution in [0.25, 0.3) is 0 Å². The highest BCUT2D eigenvalue weighted by molar-refractivity contribution is 7.97. The lowest BCUT2D eigenvalue weighted by Gasteiger charge is -2.27. The lowest BCUT2D eigenvalue weighted by atomic mass is 10.0. The highest BCUT2D eigenvalue weighted by atomic mass is 32.2. The van der Waals surface area contributed by atoms with Crippen molar-refractivity contribution in [2.24, 2.45) is 0 Å². The predicted octanol–water partition coefficient (Wildman–Crippen LogP) is 3.99. The fourth-order valence-electron chi connectivity index (χ4n) is 2.07. The molecule has 94 valence electrons. The molecule has 0 amide bonds. The number of rotatable bonds is 5. The number of allylic oxidation sites excluding steroid dienone is 3. The van der Waals surface area contributed by atoms with Gasteiger partial charge in [-0.05, 0) is 23.1 Å². The zero-order chi connectivity index (χ0) is 12.8. The van der Waals surface area contributed by atoms with Crippen molar-refractivity contribution in [1.82, 2.24) is 4.31 Å². The molecule has 1 nitrogen and oxygen atoms in total. The summed E-state index contributed by atoms with van der Waals surface area (Å²) in [5, 5.41) is 0. The van der Waals surface area contributed by atoms with Crippen LogP contribution in [0.1, 0.15) is 11.1 Å². The van der Waals surface area contributed by atoms with Crippen LogP contribution in [0.4, 0.5) is 0 Å². The highest BCUT2D eigenvalue weighted by Crippen LogP contribution is 2.25. The molecular formula is C16H19NS. The van der Waals surface area contributed by atoms with Gasteiger partial charge in [0.1, 0.15) is 0 Å². The number of nitrogens with zero attached hydrogens (tertiary/aromatic N) is 1. The fourth-order valence-corrected chi connectivity index (χ4v) is 3.07. The van der Waals surface area contributed by atoms with Gasteiger partial charge in [-0.2, -0.15) is 0 Å². The summed E-state index contributed by atoms with van der Waals surface area (Å²) in [5.74, 6) is 0.970. The molecule has 0 fully saturated rings. The monoisotopic (exact) mass is 257 g/mol. The van der Waals surface area contributed by atoms with Crippen LogP contribution in [0.5, 0.6) is 0 Å². The van der Waals surface area contributed by atoms with Crippen LogP contribution in [0, 0.1) is 0 Å². The minimum atomic E-state index is 0.970. The Morgan fingerprint density at radius 1 is 1.28 bits per heavy atom. The molecule has 1 aromatic rings. The van der Waals surface area contributed by atoms with Gasteiger partial charge in [0.05, 0.1) is 0 Å². The Morgan fingerprint density at radius 2 is 2.06 bits per heavy atom. The molecule has 0 bridgehead atoms. The normalized spacial score (nSPS) is 16.1. The quantitative estimate of drug-likeness (QED) is 0.579. The van der Waals surface area contributed by atoms with Crippen LogP contribution in [-0.2, 0) is 13.0 Å². The van der Waals surface area contributed by atoms with Crippen molar-refractivity contribution < 1.29 is 0 Å². The Morgan fingerprint density at radius 3 is 2.78 bits per heavy atom. The summed E-state index contributed by atoms with van der Waals surface area (Å²) in [5.41, 5.74) is 4.19. The standard InChI is InChI=1S/C16H19NS/c1-3-7-14(4-2)13-18-17-11-10-15-8-5-6-9-16(15)12-17/h3-9H,1-2,10-13H2/b14-7+. The number of hydrogen-bond donors (Lipinski definition) is 0. The second-order valence-corrected chi connectivity index (χ2v) is 5.40. The van der Waals surface area contributed by atoms with Crippen molar-refractivity contribution in [3.63, 3.8) is 0 Å². The van der Waals surface area contributed by atoms with Crippen LogP contribution in [0.3, 0.4) is 0 Å². The Labute approximate surface area is 114 Å². The maximum atomic E-state index is 3.83. The smallest absolute Gasteiger partial charge is 0.0343 e. The summed E-state index contributed by atoms with van der Waals surface area (Å²) in [4.78, 5) is 0. The third-order valence-corrected chi connectivity index (χ3v) is 4.24. The van der Waals surface area contributed by atoms with Gasteiger partial charge in [-0.3, -0.25) is 0 Å². The van der Waals surface area contributed by atoms with Gasteiger partial charge >= 0.3 is 0 Å². The topological polar surface area (TPSA) is 3.24 Å². The van der Waals surface area contributed by atoms with E-state index >= 15 is 0 Å². The third kappa shape index (κ3) is 3.37. The summed E-state index contributed by atoms with van der Waals surface area (Å²) < 4.78 is 2.43. The van der Waals surface area contributed by atoms with Crippen molar-refractivity contribution in [2.75, 3.05) is 12.3 Å². The number of fused-ring (bicyclic) bond motifs is 1. The number of benzene rings is 1. The van der Waals surface area contributed by atoms with Gasteiger partial charge in [-0.25, -0.2) is 4.31 Å². The Bertz CT molecular complexity index is 462. The number of hydrogen-bond acceptors (Lipinski definition) is 2. The molecule has 0 aliphatic carbocycles. The molecular weight excluding hydrogens is 238 g/mol. The minimum absolute atomic E-state index is 0.970. The van der Waals surface area contributed by atoms with Crippen LogP contribution < -0.4 is 0 Å². The first-order valence-electron chi connectivity index (χ1n) is 6.22. The van der Waals surface area contributed by atoms with E-state index in [0.29, 0.717) is 0 Å². The van der Waals surface area contributed by atoms with E-state index in [1.807, 2.05) is 30.2 Å². The van der Waals surface area contributed by atoms with Gasteiger partial charge in [0.25, 0.3) is 0 Å². The van der Waals surface area contributed by atoms with E-state index in [2.05, 4.69) is 41.7 Å². The van der Waals surface area contributed by atoms with Gasteiger partial charge in [-0.1, -0.05) is 67.6 Å². The molecule has 2 heteroatoms. The van der Waals surface area contributed by atoms with Gasteiger partial charge in [-0.15, -0.1) is 0 Å². The molecule has 18 heavy (non-hydrogen) atoms. The molecule has 1 heterocycles. The third-order valence-electron chi connectivity index (χ3n) is 3.10.